The van der Waals surface area contributed by atoms with Gasteiger partial charge >= 0.3 is 0 Å². The van der Waals surface area contributed by atoms with E-state index < -0.39 is 0 Å². The zero-order valence-electron chi connectivity index (χ0n) is 14.0. The molecule has 1 N–H and O–H groups in total. The lowest BCUT2D eigenvalue weighted by molar-refractivity contribution is -0.113. The molecule has 1 heterocycles. The number of anilines is 1. The van der Waals surface area contributed by atoms with Gasteiger partial charge in [-0.3, -0.25) is 4.79 Å². The second-order valence-electron chi connectivity index (χ2n) is 5.55. The normalized spacial score (nSPS) is 10.8. The molecule has 2 aromatic carbocycles. The molecule has 0 saturated heterocycles. The molecular weight excluding hydrogens is 393 g/mol. The number of benzene rings is 2. The van der Waals surface area contributed by atoms with Crippen LogP contribution in [0.25, 0.3) is 5.69 Å². The third-order valence-electron chi connectivity index (χ3n) is 3.65. The standard InChI is InChI=1S/C17H15Cl2N5OS/c1-10-5-3-6-11(2)16(10)24-17(21-22-23-24)26-9-14(25)20-13-8-4-7-12(18)15(13)19/h3-8H,9H2,1-2H3,(H,20,25). The van der Waals surface area contributed by atoms with Gasteiger partial charge in [-0.2, -0.15) is 4.68 Å². The van der Waals surface area contributed by atoms with Gasteiger partial charge in [0.25, 0.3) is 0 Å². The van der Waals surface area contributed by atoms with E-state index in [2.05, 4.69) is 20.8 Å². The summed E-state index contributed by atoms with van der Waals surface area (Å²) in [4.78, 5) is 12.2. The summed E-state index contributed by atoms with van der Waals surface area (Å²) in [5.74, 6) is -0.0936. The largest absolute Gasteiger partial charge is 0.324 e. The number of halogens is 2. The monoisotopic (exact) mass is 407 g/mol. The first-order chi connectivity index (χ1) is 12.5. The maximum Gasteiger partial charge on any atom is 0.234 e. The Morgan fingerprint density at radius 1 is 1.15 bits per heavy atom. The summed E-state index contributed by atoms with van der Waals surface area (Å²) < 4.78 is 1.65. The van der Waals surface area contributed by atoms with Gasteiger partial charge in [-0.25, -0.2) is 0 Å². The maximum atomic E-state index is 12.2. The van der Waals surface area contributed by atoms with Crippen LogP contribution in [0, 0.1) is 13.8 Å². The van der Waals surface area contributed by atoms with Crippen LogP contribution >= 0.6 is 35.0 Å². The van der Waals surface area contributed by atoms with E-state index in [0.717, 1.165) is 16.8 Å². The summed E-state index contributed by atoms with van der Waals surface area (Å²) in [5.41, 5.74) is 3.49. The van der Waals surface area contributed by atoms with Crippen molar-refractivity contribution >= 4 is 46.6 Å². The van der Waals surface area contributed by atoms with Crippen LogP contribution in [0.5, 0.6) is 0 Å². The molecule has 0 saturated carbocycles. The number of thioether (sulfide) groups is 1. The molecule has 0 aliphatic heterocycles. The van der Waals surface area contributed by atoms with E-state index in [1.165, 1.54) is 11.8 Å². The van der Waals surface area contributed by atoms with E-state index in [0.29, 0.717) is 20.9 Å². The van der Waals surface area contributed by atoms with Gasteiger partial charge in [0, 0.05) is 0 Å². The molecule has 1 amide bonds. The van der Waals surface area contributed by atoms with Crippen LogP contribution in [0.4, 0.5) is 5.69 Å². The number of hydrogen-bond donors (Lipinski definition) is 1. The number of para-hydroxylation sites is 1. The fourth-order valence-electron chi connectivity index (χ4n) is 2.47. The molecule has 0 unspecified atom stereocenters. The van der Waals surface area contributed by atoms with Crippen LogP contribution < -0.4 is 5.32 Å². The third-order valence-corrected chi connectivity index (χ3v) is 5.39. The van der Waals surface area contributed by atoms with Crippen molar-refractivity contribution in [2.45, 2.75) is 19.0 Å². The van der Waals surface area contributed by atoms with Crippen LogP contribution in [-0.4, -0.2) is 31.9 Å². The summed E-state index contributed by atoms with van der Waals surface area (Å²) in [6, 6.07) is 11.0. The van der Waals surface area contributed by atoms with E-state index in [9.17, 15) is 4.79 Å². The van der Waals surface area contributed by atoms with Gasteiger partial charge in [-0.15, -0.1) is 5.10 Å². The van der Waals surface area contributed by atoms with Crippen LogP contribution in [0.15, 0.2) is 41.6 Å². The van der Waals surface area contributed by atoms with Crippen LogP contribution in [0.1, 0.15) is 11.1 Å². The number of carbonyl (C=O) groups is 1. The Morgan fingerprint density at radius 3 is 2.58 bits per heavy atom. The molecule has 0 fully saturated rings. The van der Waals surface area contributed by atoms with Gasteiger partial charge in [0.2, 0.25) is 11.1 Å². The molecule has 0 aliphatic rings. The highest BCUT2D eigenvalue weighted by atomic mass is 35.5. The number of aryl methyl sites for hydroxylation is 2. The predicted molar refractivity (Wildman–Crippen MR) is 104 cm³/mol. The third kappa shape index (κ3) is 4.00. The molecular formula is C17H15Cl2N5OS. The Kier molecular flexibility index (Phi) is 5.80. The molecule has 26 heavy (non-hydrogen) atoms. The van der Waals surface area contributed by atoms with Crippen LogP contribution in [0.2, 0.25) is 10.0 Å². The minimum Gasteiger partial charge on any atom is -0.324 e. The van der Waals surface area contributed by atoms with Crippen molar-refractivity contribution in [3.63, 3.8) is 0 Å². The second kappa shape index (κ2) is 8.07. The fourth-order valence-corrected chi connectivity index (χ4v) is 3.49. The van der Waals surface area contributed by atoms with Crippen molar-refractivity contribution in [1.82, 2.24) is 20.2 Å². The van der Waals surface area contributed by atoms with Crippen molar-refractivity contribution in [1.29, 1.82) is 0 Å². The summed E-state index contributed by atoms with van der Waals surface area (Å²) in [6.45, 7) is 3.98. The Balaban J connectivity index is 1.72. The van der Waals surface area contributed by atoms with E-state index in [-0.39, 0.29) is 11.7 Å². The molecule has 0 bridgehead atoms. The molecule has 134 valence electrons. The Morgan fingerprint density at radius 2 is 1.85 bits per heavy atom. The minimum atomic E-state index is -0.227. The summed E-state index contributed by atoms with van der Waals surface area (Å²) in [5, 5.41) is 15.8. The van der Waals surface area contributed by atoms with Crippen molar-refractivity contribution < 1.29 is 4.79 Å². The lowest BCUT2D eigenvalue weighted by Crippen LogP contribution is -2.15. The highest BCUT2D eigenvalue weighted by Crippen LogP contribution is 2.30. The van der Waals surface area contributed by atoms with E-state index >= 15 is 0 Å². The first-order valence-corrected chi connectivity index (χ1v) is 9.43. The van der Waals surface area contributed by atoms with Crippen molar-refractivity contribution in [3.05, 3.63) is 57.6 Å². The number of rotatable bonds is 5. The average molecular weight is 408 g/mol. The smallest absolute Gasteiger partial charge is 0.234 e. The van der Waals surface area contributed by atoms with Crippen molar-refractivity contribution in [2.75, 3.05) is 11.1 Å². The number of tetrazole rings is 1. The SMILES string of the molecule is Cc1cccc(C)c1-n1nnnc1SCC(=O)Nc1cccc(Cl)c1Cl. The minimum absolute atomic E-state index is 0.133. The summed E-state index contributed by atoms with van der Waals surface area (Å²) >= 11 is 13.3. The number of aromatic nitrogens is 4. The van der Waals surface area contributed by atoms with E-state index in [1.807, 2.05) is 32.0 Å². The highest BCUT2D eigenvalue weighted by Gasteiger charge is 2.15. The van der Waals surface area contributed by atoms with Gasteiger partial charge in [0.15, 0.2) is 0 Å². The summed E-state index contributed by atoms with van der Waals surface area (Å²) in [6.07, 6.45) is 0. The highest BCUT2D eigenvalue weighted by molar-refractivity contribution is 7.99. The molecule has 0 atom stereocenters. The van der Waals surface area contributed by atoms with Gasteiger partial charge in [0.05, 0.1) is 27.2 Å². The zero-order chi connectivity index (χ0) is 18.7. The molecule has 6 nitrogen and oxygen atoms in total. The predicted octanol–water partition coefficient (Wildman–Crippen LogP) is 4.32. The van der Waals surface area contributed by atoms with E-state index in [4.69, 9.17) is 23.2 Å². The Hall–Kier alpha value is -2.09. The molecule has 9 heteroatoms. The van der Waals surface area contributed by atoms with Gasteiger partial charge in [0.1, 0.15) is 0 Å². The van der Waals surface area contributed by atoms with Gasteiger partial charge in [-0.1, -0.05) is 59.2 Å². The number of amides is 1. The molecule has 1 aromatic heterocycles. The first-order valence-electron chi connectivity index (χ1n) is 7.69. The fraction of sp³-hybridized carbons (Fsp3) is 0.176. The maximum absolute atomic E-state index is 12.2. The van der Waals surface area contributed by atoms with Crippen LogP contribution in [0.3, 0.4) is 0 Å². The zero-order valence-corrected chi connectivity index (χ0v) is 16.4. The molecule has 3 aromatic rings. The second-order valence-corrected chi connectivity index (χ2v) is 7.28. The quantitative estimate of drug-likeness (QED) is 0.637. The molecule has 3 rings (SSSR count). The number of nitrogens with one attached hydrogen (secondary N) is 1. The first kappa shape index (κ1) is 18.7. The lowest BCUT2D eigenvalue weighted by Gasteiger charge is -2.11. The molecule has 0 aliphatic carbocycles. The summed E-state index contributed by atoms with van der Waals surface area (Å²) in [7, 11) is 0. The Labute approximate surface area is 164 Å². The number of hydrogen-bond acceptors (Lipinski definition) is 5. The Bertz CT molecular complexity index is 940. The number of carbonyl (C=O) groups excluding carboxylic acids is 1. The lowest BCUT2D eigenvalue weighted by atomic mass is 10.1. The molecule has 0 spiro atoms. The molecule has 0 radical (unpaired) electrons. The average Bonchev–Trinajstić information content (AvgIpc) is 3.05. The van der Waals surface area contributed by atoms with Gasteiger partial charge < -0.3 is 5.32 Å². The van der Waals surface area contributed by atoms with Crippen LogP contribution in [-0.2, 0) is 4.79 Å². The topological polar surface area (TPSA) is 72.7 Å². The van der Waals surface area contributed by atoms with Gasteiger partial charge in [-0.05, 0) is 47.5 Å². The van der Waals surface area contributed by atoms with Crippen molar-refractivity contribution in [3.8, 4) is 5.69 Å². The number of nitrogens with zero attached hydrogens (tertiary/aromatic N) is 4. The van der Waals surface area contributed by atoms with E-state index in [1.54, 1.807) is 22.9 Å². The van der Waals surface area contributed by atoms with Crippen molar-refractivity contribution in [2.24, 2.45) is 0 Å².